The van der Waals surface area contributed by atoms with Crippen molar-refractivity contribution in [2.75, 3.05) is 0 Å². The van der Waals surface area contributed by atoms with Gasteiger partial charge < -0.3 is 0 Å². The first-order valence-electron chi connectivity index (χ1n) is 3.85. The first-order chi connectivity index (χ1) is 4.18. The average Bonchev–Trinajstić information content (AvgIpc) is 1.82. The molecule has 0 amide bonds. The van der Waals surface area contributed by atoms with Crippen molar-refractivity contribution in [2.45, 2.75) is 55.4 Å². The van der Waals surface area contributed by atoms with Gasteiger partial charge in [-0.2, -0.15) is 0 Å². The quantitative estimate of drug-likeness (QED) is 0.524. The number of hydrogen-bond acceptors (Lipinski definition) is 0. The van der Waals surface area contributed by atoms with E-state index in [0.29, 0.717) is 0 Å². The largest absolute Gasteiger partial charge is 0.0854 e. The van der Waals surface area contributed by atoms with Gasteiger partial charge in [0.15, 0.2) is 0 Å². The van der Waals surface area contributed by atoms with Gasteiger partial charge in [0.2, 0.25) is 0 Å². The molecular weight excluding hydrogens is 132 g/mol. The minimum absolute atomic E-state index is 0. The van der Waals surface area contributed by atoms with Crippen LogP contribution in [0.15, 0.2) is 11.6 Å². The van der Waals surface area contributed by atoms with E-state index in [0.717, 1.165) is 5.92 Å². The molecular formula is C11H26. The third-order valence-corrected chi connectivity index (χ3v) is 1.67. The van der Waals surface area contributed by atoms with Crippen molar-refractivity contribution in [1.29, 1.82) is 0 Å². The van der Waals surface area contributed by atoms with Gasteiger partial charge in [-0.15, -0.1) is 0 Å². The van der Waals surface area contributed by atoms with Crippen LogP contribution in [0.5, 0.6) is 0 Å². The highest BCUT2D eigenvalue weighted by molar-refractivity contribution is 5.00. The predicted molar refractivity (Wildman–Crippen MR) is 57.0 cm³/mol. The van der Waals surface area contributed by atoms with E-state index >= 15 is 0 Å². The highest BCUT2D eigenvalue weighted by Crippen LogP contribution is 2.08. The fourth-order valence-corrected chi connectivity index (χ4v) is 0.608. The molecule has 0 aliphatic heterocycles. The molecule has 0 nitrogen and oxygen atoms in total. The molecule has 0 aromatic heterocycles. The topological polar surface area (TPSA) is 0 Å². The highest BCUT2D eigenvalue weighted by atomic mass is 14.0. The minimum Gasteiger partial charge on any atom is -0.0854 e. The standard InChI is InChI=1S/C9H18.2CH4/c1-5-6-7-9(4)8(2)3;;/h7-8H,5-6H2,1-4H3;2*1H4. The summed E-state index contributed by atoms with van der Waals surface area (Å²) in [7, 11) is 0. The monoisotopic (exact) mass is 158 g/mol. The zero-order chi connectivity index (χ0) is 7.28. The molecule has 0 rings (SSSR count). The van der Waals surface area contributed by atoms with Crippen molar-refractivity contribution in [3.05, 3.63) is 11.6 Å². The SMILES string of the molecule is C.C.CCCC=C(C)C(C)C. The van der Waals surface area contributed by atoms with Crippen molar-refractivity contribution in [2.24, 2.45) is 5.92 Å². The van der Waals surface area contributed by atoms with Crippen molar-refractivity contribution in [1.82, 2.24) is 0 Å². The molecule has 0 atom stereocenters. The van der Waals surface area contributed by atoms with Crippen LogP contribution in [-0.4, -0.2) is 0 Å². The van der Waals surface area contributed by atoms with Gasteiger partial charge in [-0.25, -0.2) is 0 Å². The number of unbranched alkanes of at least 4 members (excludes halogenated alkanes) is 1. The maximum atomic E-state index is 2.34. The smallest absolute Gasteiger partial charge is 0.0263 e. The normalized spacial score (nSPS) is 10.5. The van der Waals surface area contributed by atoms with Crippen molar-refractivity contribution < 1.29 is 0 Å². The highest BCUT2D eigenvalue weighted by Gasteiger charge is 1.92. The predicted octanol–water partition coefficient (Wildman–Crippen LogP) is 4.66. The summed E-state index contributed by atoms with van der Waals surface area (Å²) in [5.41, 5.74) is 1.52. The van der Waals surface area contributed by atoms with Crippen molar-refractivity contribution >= 4 is 0 Å². The van der Waals surface area contributed by atoms with Gasteiger partial charge in [0.05, 0.1) is 0 Å². The Hall–Kier alpha value is -0.260. The van der Waals surface area contributed by atoms with Crippen LogP contribution >= 0.6 is 0 Å². The third kappa shape index (κ3) is 9.74. The van der Waals surface area contributed by atoms with Crippen LogP contribution < -0.4 is 0 Å². The number of allylic oxidation sites excluding steroid dienone is 2. The molecule has 0 fully saturated rings. The second kappa shape index (κ2) is 9.74. The second-order valence-corrected chi connectivity index (χ2v) is 2.89. The molecule has 0 radical (unpaired) electrons. The van der Waals surface area contributed by atoms with Crippen LogP contribution in [0.25, 0.3) is 0 Å². The van der Waals surface area contributed by atoms with Gasteiger partial charge in [0.25, 0.3) is 0 Å². The Morgan fingerprint density at radius 3 is 2.00 bits per heavy atom. The molecule has 0 heteroatoms. The lowest BCUT2D eigenvalue weighted by atomic mass is 10.0. The van der Waals surface area contributed by atoms with Crippen molar-refractivity contribution in [3.63, 3.8) is 0 Å². The van der Waals surface area contributed by atoms with Crippen LogP contribution in [-0.2, 0) is 0 Å². The van der Waals surface area contributed by atoms with Gasteiger partial charge in [-0.3, -0.25) is 0 Å². The van der Waals surface area contributed by atoms with E-state index in [1.807, 2.05) is 0 Å². The third-order valence-electron chi connectivity index (χ3n) is 1.67. The molecule has 0 saturated heterocycles. The fraction of sp³-hybridized carbons (Fsp3) is 0.818. The van der Waals surface area contributed by atoms with E-state index in [4.69, 9.17) is 0 Å². The summed E-state index contributed by atoms with van der Waals surface area (Å²) in [5.74, 6) is 0.733. The van der Waals surface area contributed by atoms with Crippen LogP contribution in [0.1, 0.15) is 55.4 Å². The van der Waals surface area contributed by atoms with Gasteiger partial charge in [-0.05, 0) is 19.3 Å². The summed E-state index contributed by atoms with van der Waals surface area (Å²) in [6.07, 6.45) is 4.85. The van der Waals surface area contributed by atoms with Crippen molar-refractivity contribution in [3.8, 4) is 0 Å². The Morgan fingerprint density at radius 2 is 1.73 bits per heavy atom. The lowest BCUT2D eigenvalue weighted by Gasteiger charge is -2.02. The van der Waals surface area contributed by atoms with Gasteiger partial charge in [-0.1, -0.05) is 53.7 Å². The van der Waals surface area contributed by atoms with E-state index < -0.39 is 0 Å². The summed E-state index contributed by atoms with van der Waals surface area (Å²) < 4.78 is 0. The molecule has 0 bridgehead atoms. The van der Waals surface area contributed by atoms with E-state index in [9.17, 15) is 0 Å². The lowest BCUT2D eigenvalue weighted by Crippen LogP contribution is -1.87. The maximum absolute atomic E-state index is 2.34. The summed E-state index contributed by atoms with van der Waals surface area (Å²) in [6.45, 7) is 8.90. The van der Waals surface area contributed by atoms with Gasteiger partial charge >= 0.3 is 0 Å². The second-order valence-electron chi connectivity index (χ2n) is 2.89. The van der Waals surface area contributed by atoms with E-state index in [-0.39, 0.29) is 14.9 Å². The molecule has 0 aliphatic rings. The maximum Gasteiger partial charge on any atom is -0.0263 e. The molecule has 0 heterocycles. The molecule has 0 unspecified atom stereocenters. The molecule has 0 aromatic carbocycles. The lowest BCUT2D eigenvalue weighted by molar-refractivity contribution is 0.757. The van der Waals surface area contributed by atoms with Gasteiger partial charge in [0, 0.05) is 0 Å². The average molecular weight is 158 g/mol. The number of rotatable bonds is 3. The van der Waals surface area contributed by atoms with Crippen LogP contribution in [0, 0.1) is 5.92 Å². The Bertz CT molecular complexity index is 88.2. The van der Waals surface area contributed by atoms with E-state index in [2.05, 4.69) is 33.8 Å². The zero-order valence-corrected chi connectivity index (χ0v) is 7.07. The molecule has 0 aromatic rings. The van der Waals surface area contributed by atoms with E-state index in [1.54, 1.807) is 0 Å². The van der Waals surface area contributed by atoms with Crippen LogP contribution in [0.4, 0.5) is 0 Å². The first-order valence-corrected chi connectivity index (χ1v) is 3.85. The summed E-state index contributed by atoms with van der Waals surface area (Å²) in [4.78, 5) is 0. The Balaban J connectivity index is -0.000000320. The summed E-state index contributed by atoms with van der Waals surface area (Å²) in [6, 6.07) is 0. The Kier molecular flexibility index (Phi) is 15.1. The molecule has 11 heavy (non-hydrogen) atoms. The van der Waals surface area contributed by atoms with Gasteiger partial charge in [0.1, 0.15) is 0 Å². The Morgan fingerprint density at radius 1 is 1.27 bits per heavy atom. The van der Waals surface area contributed by atoms with Crippen LogP contribution in [0.2, 0.25) is 0 Å². The molecule has 0 aliphatic carbocycles. The zero-order valence-electron chi connectivity index (χ0n) is 7.07. The molecule has 0 N–H and O–H groups in total. The molecule has 0 saturated carbocycles. The Labute approximate surface area is 73.7 Å². The van der Waals surface area contributed by atoms with Crippen LogP contribution in [0.3, 0.4) is 0 Å². The number of hydrogen-bond donors (Lipinski definition) is 0. The minimum atomic E-state index is 0. The molecule has 70 valence electrons. The summed E-state index contributed by atoms with van der Waals surface area (Å²) in [5, 5.41) is 0. The van der Waals surface area contributed by atoms with E-state index in [1.165, 1.54) is 18.4 Å². The molecule has 0 spiro atoms. The fourth-order valence-electron chi connectivity index (χ4n) is 0.608. The summed E-state index contributed by atoms with van der Waals surface area (Å²) >= 11 is 0. The first kappa shape index (κ1) is 17.0.